The molecule has 1 rings (SSSR count). The minimum atomic E-state index is -4.54. The number of rotatable bonds is 4. The molecule has 20 heavy (non-hydrogen) atoms. The van der Waals surface area contributed by atoms with E-state index < -0.39 is 23.8 Å². The largest absolute Gasteiger partial charge is 0.417 e. The van der Waals surface area contributed by atoms with Gasteiger partial charge in [-0.05, 0) is 24.1 Å². The summed E-state index contributed by atoms with van der Waals surface area (Å²) >= 11 is 2.80. The number of aliphatic hydroxyl groups is 1. The number of carbonyl (C=O) groups is 1. The topological polar surface area (TPSA) is 49.3 Å². The van der Waals surface area contributed by atoms with Crippen LogP contribution in [-0.4, -0.2) is 23.7 Å². The van der Waals surface area contributed by atoms with Crippen molar-refractivity contribution in [2.24, 2.45) is 5.92 Å². The molecule has 0 aliphatic heterocycles. The lowest BCUT2D eigenvalue weighted by atomic mass is 10.1. The van der Waals surface area contributed by atoms with Crippen LogP contribution in [0.15, 0.2) is 22.7 Å². The first-order valence-electron chi connectivity index (χ1n) is 5.96. The summed E-state index contributed by atoms with van der Waals surface area (Å²) in [5.74, 6) is -0.700. The molecule has 0 saturated carbocycles. The molecule has 0 bridgehead atoms. The summed E-state index contributed by atoms with van der Waals surface area (Å²) in [6.07, 6.45) is -5.27. The van der Waals surface area contributed by atoms with Gasteiger partial charge in [0, 0.05) is 16.6 Å². The number of hydrogen-bond acceptors (Lipinski definition) is 2. The molecule has 3 nitrogen and oxygen atoms in total. The van der Waals surface area contributed by atoms with Crippen molar-refractivity contribution >= 4 is 21.8 Å². The number of halogens is 4. The maximum absolute atomic E-state index is 12.7. The van der Waals surface area contributed by atoms with Gasteiger partial charge < -0.3 is 10.4 Å². The molecule has 0 spiro atoms. The summed E-state index contributed by atoms with van der Waals surface area (Å²) in [7, 11) is 0. The molecule has 7 heteroatoms. The van der Waals surface area contributed by atoms with Crippen molar-refractivity contribution in [3.63, 3.8) is 0 Å². The number of amides is 1. The van der Waals surface area contributed by atoms with Gasteiger partial charge in [0.2, 0.25) is 0 Å². The van der Waals surface area contributed by atoms with Crippen molar-refractivity contribution in [1.82, 2.24) is 5.32 Å². The van der Waals surface area contributed by atoms with Gasteiger partial charge in [0.05, 0.1) is 11.7 Å². The third kappa shape index (κ3) is 4.49. The second-order valence-electron chi connectivity index (χ2n) is 4.71. The fourth-order valence-corrected chi connectivity index (χ4v) is 1.89. The van der Waals surface area contributed by atoms with E-state index >= 15 is 0 Å². The van der Waals surface area contributed by atoms with Gasteiger partial charge in [-0.3, -0.25) is 4.79 Å². The average Bonchev–Trinajstić information content (AvgIpc) is 2.34. The maximum atomic E-state index is 12.7. The standard InChI is InChI=1S/C13H15BrF3NO2/c1-7(2)11(19)6-18-12(20)8-3-4-10(14)9(5-8)13(15,16)17/h3-5,7,11,19H,6H2,1-2H3,(H,18,20). The number of carbonyl (C=O) groups excluding carboxylic acids is 1. The second kappa shape index (κ2) is 6.58. The van der Waals surface area contributed by atoms with E-state index in [2.05, 4.69) is 21.2 Å². The van der Waals surface area contributed by atoms with Crippen molar-refractivity contribution in [3.05, 3.63) is 33.8 Å². The second-order valence-corrected chi connectivity index (χ2v) is 5.57. The predicted molar refractivity (Wildman–Crippen MR) is 72.3 cm³/mol. The zero-order valence-corrected chi connectivity index (χ0v) is 12.5. The van der Waals surface area contributed by atoms with Crippen LogP contribution in [0.1, 0.15) is 29.8 Å². The van der Waals surface area contributed by atoms with E-state index in [0.29, 0.717) is 0 Å². The Morgan fingerprint density at radius 2 is 2.00 bits per heavy atom. The number of aliphatic hydroxyl groups excluding tert-OH is 1. The van der Waals surface area contributed by atoms with Gasteiger partial charge in [-0.2, -0.15) is 13.2 Å². The van der Waals surface area contributed by atoms with E-state index in [-0.39, 0.29) is 22.5 Å². The first kappa shape index (κ1) is 17.0. The quantitative estimate of drug-likeness (QED) is 0.873. The van der Waals surface area contributed by atoms with Gasteiger partial charge in [0.1, 0.15) is 0 Å². The molecular formula is C13H15BrF3NO2. The van der Waals surface area contributed by atoms with Crippen molar-refractivity contribution in [1.29, 1.82) is 0 Å². The molecule has 1 aromatic carbocycles. The van der Waals surface area contributed by atoms with Crippen molar-refractivity contribution in [3.8, 4) is 0 Å². The summed E-state index contributed by atoms with van der Waals surface area (Å²) in [5, 5.41) is 12.0. The molecule has 0 aliphatic carbocycles. The van der Waals surface area contributed by atoms with Crippen LogP contribution in [-0.2, 0) is 6.18 Å². The molecule has 0 fully saturated rings. The number of benzene rings is 1. The lowest BCUT2D eigenvalue weighted by Crippen LogP contribution is -2.34. The highest BCUT2D eigenvalue weighted by Gasteiger charge is 2.33. The Morgan fingerprint density at radius 3 is 2.50 bits per heavy atom. The molecule has 0 radical (unpaired) electrons. The number of alkyl halides is 3. The summed E-state index contributed by atoms with van der Waals surface area (Å²) in [5.41, 5.74) is -1.01. The molecule has 0 aliphatic rings. The molecule has 0 saturated heterocycles. The molecule has 2 N–H and O–H groups in total. The zero-order valence-electron chi connectivity index (χ0n) is 11.0. The number of nitrogens with one attached hydrogen (secondary N) is 1. The first-order chi connectivity index (χ1) is 9.12. The Hall–Kier alpha value is -1.08. The van der Waals surface area contributed by atoms with Crippen molar-refractivity contribution < 1.29 is 23.1 Å². The van der Waals surface area contributed by atoms with E-state index in [1.54, 1.807) is 13.8 Å². The van der Waals surface area contributed by atoms with Gasteiger partial charge in [-0.15, -0.1) is 0 Å². The lowest BCUT2D eigenvalue weighted by molar-refractivity contribution is -0.138. The Kier molecular flexibility index (Phi) is 5.59. The van der Waals surface area contributed by atoms with E-state index in [4.69, 9.17) is 0 Å². The fraction of sp³-hybridized carbons (Fsp3) is 0.462. The smallest absolute Gasteiger partial charge is 0.391 e. The monoisotopic (exact) mass is 353 g/mol. The van der Waals surface area contributed by atoms with E-state index in [0.717, 1.165) is 6.07 Å². The summed E-state index contributed by atoms with van der Waals surface area (Å²) in [4.78, 5) is 11.8. The summed E-state index contributed by atoms with van der Waals surface area (Å²) < 4.78 is 38.0. The van der Waals surface area contributed by atoms with Crippen LogP contribution in [0.2, 0.25) is 0 Å². The highest BCUT2D eigenvalue weighted by Crippen LogP contribution is 2.35. The lowest BCUT2D eigenvalue weighted by Gasteiger charge is -2.15. The Labute approximate surface area is 123 Å². The molecule has 1 amide bonds. The van der Waals surface area contributed by atoms with E-state index in [1.807, 2.05) is 0 Å². The van der Waals surface area contributed by atoms with Crippen LogP contribution < -0.4 is 5.32 Å². The molecular weight excluding hydrogens is 339 g/mol. The summed E-state index contributed by atoms with van der Waals surface area (Å²) in [6.45, 7) is 3.55. The van der Waals surface area contributed by atoms with Crippen LogP contribution in [0.5, 0.6) is 0 Å². The van der Waals surface area contributed by atoms with Crippen molar-refractivity contribution in [2.45, 2.75) is 26.1 Å². The first-order valence-corrected chi connectivity index (χ1v) is 6.75. The normalized spacial score (nSPS) is 13.4. The third-order valence-corrected chi connectivity index (χ3v) is 3.47. The van der Waals surface area contributed by atoms with Crippen LogP contribution in [0.25, 0.3) is 0 Å². The predicted octanol–water partition coefficient (Wildman–Crippen LogP) is 3.21. The summed E-state index contributed by atoms with van der Waals surface area (Å²) in [6, 6.07) is 3.24. The maximum Gasteiger partial charge on any atom is 0.417 e. The van der Waals surface area contributed by atoms with Crippen LogP contribution in [0.4, 0.5) is 13.2 Å². The van der Waals surface area contributed by atoms with E-state index in [9.17, 15) is 23.1 Å². The van der Waals surface area contributed by atoms with Gasteiger partial charge in [-0.25, -0.2) is 0 Å². The molecule has 0 aromatic heterocycles. The Bertz CT molecular complexity index is 489. The molecule has 0 heterocycles. The fourth-order valence-electron chi connectivity index (χ4n) is 1.42. The van der Waals surface area contributed by atoms with Gasteiger partial charge in [0.15, 0.2) is 0 Å². The zero-order chi connectivity index (χ0) is 15.5. The highest BCUT2D eigenvalue weighted by molar-refractivity contribution is 9.10. The Morgan fingerprint density at radius 1 is 1.40 bits per heavy atom. The molecule has 1 aromatic rings. The van der Waals surface area contributed by atoms with Crippen LogP contribution >= 0.6 is 15.9 Å². The van der Waals surface area contributed by atoms with Crippen LogP contribution in [0.3, 0.4) is 0 Å². The number of hydrogen-bond donors (Lipinski definition) is 2. The van der Waals surface area contributed by atoms with Gasteiger partial charge >= 0.3 is 6.18 Å². The van der Waals surface area contributed by atoms with E-state index in [1.165, 1.54) is 12.1 Å². The molecule has 1 unspecified atom stereocenters. The highest BCUT2D eigenvalue weighted by atomic mass is 79.9. The average molecular weight is 354 g/mol. The minimum absolute atomic E-state index is 0.00604. The Balaban J connectivity index is 2.85. The molecule has 1 atom stereocenters. The van der Waals surface area contributed by atoms with Gasteiger partial charge in [0.25, 0.3) is 5.91 Å². The SMILES string of the molecule is CC(C)C(O)CNC(=O)c1ccc(Br)c(C(F)(F)F)c1. The minimum Gasteiger partial charge on any atom is -0.391 e. The third-order valence-electron chi connectivity index (χ3n) is 2.78. The molecule has 112 valence electrons. The van der Waals surface area contributed by atoms with Gasteiger partial charge in [-0.1, -0.05) is 29.8 Å². The van der Waals surface area contributed by atoms with Crippen LogP contribution in [0, 0.1) is 5.92 Å². The van der Waals surface area contributed by atoms with Crippen molar-refractivity contribution in [2.75, 3.05) is 6.54 Å².